The van der Waals surface area contributed by atoms with Gasteiger partial charge in [-0.2, -0.15) is 0 Å². The van der Waals surface area contributed by atoms with E-state index in [2.05, 4.69) is 10.3 Å². The van der Waals surface area contributed by atoms with Crippen LogP contribution in [-0.2, 0) is 4.79 Å². The summed E-state index contributed by atoms with van der Waals surface area (Å²) in [6.07, 6.45) is 1.31. The molecule has 0 aliphatic rings. The molecule has 4 N–H and O–H groups in total. The molecule has 0 radical (unpaired) electrons. The number of aliphatic carboxylic acids is 1. The van der Waals surface area contributed by atoms with Gasteiger partial charge in [0.1, 0.15) is 5.82 Å². The monoisotopic (exact) mass is 265 g/mol. The van der Waals surface area contributed by atoms with Crippen molar-refractivity contribution in [1.82, 2.24) is 4.98 Å². The summed E-state index contributed by atoms with van der Waals surface area (Å²) in [5, 5.41) is 11.8. The summed E-state index contributed by atoms with van der Waals surface area (Å²) in [6, 6.07) is 3.22. The molecular weight excluding hydrogens is 246 g/mol. The minimum atomic E-state index is -0.787. The Morgan fingerprint density at radius 3 is 2.74 bits per heavy atom. The number of carboxylic acids is 1. The Hall–Kier alpha value is -2.11. The molecule has 1 unspecified atom stereocenters. The fourth-order valence-electron chi connectivity index (χ4n) is 1.65. The molecule has 1 heterocycles. The highest BCUT2D eigenvalue weighted by Crippen LogP contribution is 2.11. The molecule has 0 aliphatic carbocycles. The number of pyridine rings is 1. The van der Waals surface area contributed by atoms with Crippen molar-refractivity contribution in [1.29, 1.82) is 0 Å². The number of carbonyl (C=O) groups is 2. The van der Waals surface area contributed by atoms with E-state index in [0.29, 0.717) is 30.0 Å². The topological polar surface area (TPSA) is 105 Å². The van der Waals surface area contributed by atoms with Gasteiger partial charge in [0.25, 0.3) is 0 Å². The standard InChI is InChI=1S/C13H19N3O3/c1-8(13(18)19)4-3-5-15-11-7-10(12(14)17)6-9(2)16-11/h6-8H,3-5H2,1-2H3,(H2,14,17)(H,15,16)(H,18,19). The fraction of sp³-hybridized carbons (Fsp3) is 0.462. The smallest absolute Gasteiger partial charge is 0.306 e. The third-order valence-corrected chi connectivity index (χ3v) is 2.78. The lowest BCUT2D eigenvalue weighted by Crippen LogP contribution is -2.14. The van der Waals surface area contributed by atoms with Gasteiger partial charge in [-0.15, -0.1) is 0 Å². The van der Waals surface area contributed by atoms with Crippen LogP contribution >= 0.6 is 0 Å². The second kappa shape index (κ2) is 6.72. The average molecular weight is 265 g/mol. The Labute approximate surface area is 112 Å². The molecule has 0 saturated carbocycles. The van der Waals surface area contributed by atoms with Crippen LogP contribution in [0, 0.1) is 12.8 Å². The Bertz CT molecular complexity index is 474. The van der Waals surface area contributed by atoms with Crippen LogP contribution in [-0.4, -0.2) is 28.5 Å². The van der Waals surface area contributed by atoms with Gasteiger partial charge in [-0.25, -0.2) is 4.98 Å². The van der Waals surface area contributed by atoms with Gasteiger partial charge in [-0.3, -0.25) is 9.59 Å². The van der Waals surface area contributed by atoms with Crippen molar-refractivity contribution < 1.29 is 14.7 Å². The SMILES string of the molecule is Cc1cc(C(N)=O)cc(NCCCC(C)C(=O)O)n1. The van der Waals surface area contributed by atoms with E-state index < -0.39 is 11.9 Å². The summed E-state index contributed by atoms with van der Waals surface area (Å²) in [5.74, 6) is -1.05. The zero-order chi connectivity index (χ0) is 14.4. The first-order chi connectivity index (χ1) is 8.90. The van der Waals surface area contributed by atoms with Gasteiger partial charge in [-0.05, 0) is 31.9 Å². The number of aryl methyl sites for hydroxylation is 1. The highest BCUT2D eigenvalue weighted by molar-refractivity contribution is 5.93. The number of nitrogens with one attached hydrogen (secondary N) is 1. The first kappa shape index (κ1) is 14.9. The summed E-state index contributed by atoms with van der Waals surface area (Å²) in [4.78, 5) is 26.0. The number of rotatable bonds is 7. The second-order valence-electron chi connectivity index (χ2n) is 4.55. The van der Waals surface area contributed by atoms with Gasteiger partial charge in [0, 0.05) is 17.8 Å². The molecule has 1 amide bonds. The number of carboxylic acid groups (broad SMARTS) is 1. The van der Waals surface area contributed by atoms with Gasteiger partial charge in [0.05, 0.1) is 5.92 Å². The Balaban J connectivity index is 2.49. The Morgan fingerprint density at radius 2 is 2.16 bits per heavy atom. The van der Waals surface area contributed by atoms with Crippen LogP contribution in [0.2, 0.25) is 0 Å². The molecule has 104 valence electrons. The predicted octanol–water partition coefficient (Wildman–Crippen LogP) is 1.40. The van der Waals surface area contributed by atoms with Gasteiger partial charge in [0.2, 0.25) is 5.91 Å². The van der Waals surface area contributed by atoms with E-state index in [-0.39, 0.29) is 5.92 Å². The van der Waals surface area contributed by atoms with Crippen molar-refractivity contribution in [3.63, 3.8) is 0 Å². The number of hydrogen-bond donors (Lipinski definition) is 3. The molecule has 0 saturated heterocycles. The molecule has 0 bridgehead atoms. The van der Waals surface area contributed by atoms with E-state index in [4.69, 9.17) is 10.8 Å². The van der Waals surface area contributed by atoms with E-state index in [1.54, 1.807) is 26.0 Å². The van der Waals surface area contributed by atoms with Crippen molar-refractivity contribution in [2.75, 3.05) is 11.9 Å². The zero-order valence-electron chi connectivity index (χ0n) is 11.1. The minimum absolute atomic E-state index is 0.353. The van der Waals surface area contributed by atoms with Gasteiger partial charge >= 0.3 is 5.97 Å². The molecule has 1 aromatic heterocycles. The highest BCUT2D eigenvalue weighted by atomic mass is 16.4. The summed E-state index contributed by atoms with van der Waals surface area (Å²) in [6.45, 7) is 4.06. The third-order valence-electron chi connectivity index (χ3n) is 2.78. The second-order valence-corrected chi connectivity index (χ2v) is 4.55. The number of aromatic nitrogens is 1. The summed E-state index contributed by atoms with van der Waals surface area (Å²) in [5.41, 5.74) is 6.34. The molecule has 0 spiro atoms. The maximum Gasteiger partial charge on any atom is 0.306 e. The number of hydrogen-bond acceptors (Lipinski definition) is 4. The van der Waals surface area contributed by atoms with Crippen LogP contribution in [0.25, 0.3) is 0 Å². The Kier molecular flexibility index (Phi) is 5.29. The summed E-state index contributed by atoms with van der Waals surface area (Å²) in [7, 11) is 0. The maximum absolute atomic E-state index is 11.1. The third kappa shape index (κ3) is 4.95. The summed E-state index contributed by atoms with van der Waals surface area (Å²) >= 11 is 0. The fourth-order valence-corrected chi connectivity index (χ4v) is 1.65. The van der Waals surface area contributed by atoms with Crippen molar-refractivity contribution in [3.8, 4) is 0 Å². The largest absolute Gasteiger partial charge is 0.481 e. The van der Waals surface area contributed by atoms with Crippen LogP contribution in [0.4, 0.5) is 5.82 Å². The molecule has 6 nitrogen and oxygen atoms in total. The zero-order valence-corrected chi connectivity index (χ0v) is 11.1. The lowest BCUT2D eigenvalue weighted by molar-refractivity contribution is -0.141. The molecule has 6 heteroatoms. The van der Waals surface area contributed by atoms with Crippen molar-refractivity contribution in [2.24, 2.45) is 11.7 Å². The maximum atomic E-state index is 11.1. The lowest BCUT2D eigenvalue weighted by atomic mass is 10.1. The van der Waals surface area contributed by atoms with Gasteiger partial charge in [0.15, 0.2) is 0 Å². The van der Waals surface area contributed by atoms with Crippen molar-refractivity contribution >= 4 is 17.7 Å². The molecule has 0 fully saturated rings. The van der Waals surface area contributed by atoms with E-state index in [1.807, 2.05) is 0 Å². The number of carbonyl (C=O) groups excluding carboxylic acids is 1. The van der Waals surface area contributed by atoms with E-state index >= 15 is 0 Å². The summed E-state index contributed by atoms with van der Waals surface area (Å²) < 4.78 is 0. The van der Waals surface area contributed by atoms with Crippen LogP contribution in [0.3, 0.4) is 0 Å². The number of primary amides is 1. The molecule has 1 rings (SSSR count). The Morgan fingerprint density at radius 1 is 1.47 bits per heavy atom. The van der Waals surface area contributed by atoms with E-state index in [9.17, 15) is 9.59 Å². The van der Waals surface area contributed by atoms with E-state index in [1.165, 1.54) is 0 Å². The molecule has 0 aliphatic heterocycles. The first-order valence-corrected chi connectivity index (χ1v) is 6.15. The molecular formula is C13H19N3O3. The van der Waals surface area contributed by atoms with Crippen LogP contribution in [0.15, 0.2) is 12.1 Å². The number of amides is 1. The lowest BCUT2D eigenvalue weighted by Gasteiger charge is -2.09. The quantitative estimate of drug-likeness (QED) is 0.646. The number of nitrogens with zero attached hydrogens (tertiary/aromatic N) is 1. The number of nitrogens with two attached hydrogens (primary N) is 1. The number of anilines is 1. The minimum Gasteiger partial charge on any atom is -0.481 e. The average Bonchev–Trinajstić information content (AvgIpc) is 2.33. The van der Waals surface area contributed by atoms with Crippen LogP contribution < -0.4 is 11.1 Å². The van der Waals surface area contributed by atoms with Gasteiger partial charge < -0.3 is 16.2 Å². The van der Waals surface area contributed by atoms with Gasteiger partial charge in [-0.1, -0.05) is 6.92 Å². The molecule has 19 heavy (non-hydrogen) atoms. The predicted molar refractivity (Wildman–Crippen MR) is 72.0 cm³/mol. The highest BCUT2D eigenvalue weighted by Gasteiger charge is 2.10. The van der Waals surface area contributed by atoms with Crippen LogP contribution in [0.1, 0.15) is 35.8 Å². The molecule has 0 aromatic carbocycles. The molecule has 1 atom stereocenters. The van der Waals surface area contributed by atoms with Crippen molar-refractivity contribution in [2.45, 2.75) is 26.7 Å². The molecule has 1 aromatic rings. The van der Waals surface area contributed by atoms with Crippen LogP contribution in [0.5, 0.6) is 0 Å². The normalized spacial score (nSPS) is 11.9. The first-order valence-electron chi connectivity index (χ1n) is 6.15. The van der Waals surface area contributed by atoms with Crippen molar-refractivity contribution in [3.05, 3.63) is 23.4 Å². The van der Waals surface area contributed by atoms with E-state index in [0.717, 1.165) is 6.42 Å².